The average Bonchev–Trinajstić information content (AvgIpc) is 1.78. The molecule has 1 atom stereocenters. The zero-order valence-electron chi connectivity index (χ0n) is 6.70. The minimum Gasteiger partial charge on any atom is -0.314 e. The van der Waals surface area contributed by atoms with Gasteiger partial charge in [0, 0.05) is 12.6 Å². The summed E-state index contributed by atoms with van der Waals surface area (Å²) < 4.78 is 0. The summed E-state index contributed by atoms with van der Waals surface area (Å²) >= 11 is 0. The molecule has 0 spiro atoms. The summed E-state index contributed by atoms with van der Waals surface area (Å²) in [6.07, 6.45) is 2.72. The van der Waals surface area contributed by atoms with Crippen LogP contribution in [-0.4, -0.2) is 12.6 Å². The van der Waals surface area contributed by atoms with Crippen LogP contribution in [0.1, 0.15) is 33.6 Å². The minimum atomic E-state index is 0.548. The van der Waals surface area contributed by atoms with Gasteiger partial charge in [-0.05, 0) is 25.2 Å². The first-order valence-electron chi connectivity index (χ1n) is 3.83. The van der Waals surface area contributed by atoms with Crippen LogP contribution in [-0.2, 0) is 0 Å². The maximum atomic E-state index is 3.47. The lowest BCUT2D eigenvalue weighted by Crippen LogP contribution is -2.41. The summed E-state index contributed by atoms with van der Waals surface area (Å²) in [5.41, 5.74) is 0.548. The van der Waals surface area contributed by atoms with Crippen LogP contribution in [0.2, 0.25) is 0 Å². The molecular weight excluding hydrogens is 110 g/mol. The van der Waals surface area contributed by atoms with E-state index < -0.39 is 0 Å². The Hall–Kier alpha value is -0.0400. The molecule has 1 heterocycles. The normalized spacial score (nSPS) is 34.3. The van der Waals surface area contributed by atoms with Crippen molar-refractivity contribution in [3.8, 4) is 0 Å². The van der Waals surface area contributed by atoms with Gasteiger partial charge in [-0.1, -0.05) is 13.8 Å². The first-order valence-corrected chi connectivity index (χ1v) is 3.83. The van der Waals surface area contributed by atoms with Gasteiger partial charge in [-0.25, -0.2) is 0 Å². The van der Waals surface area contributed by atoms with Gasteiger partial charge in [0.25, 0.3) is 0 Å². The van der Waals surface area contributed by atoms with E-state index in [-0.39, 0.29) is 0 Å². The van der Waals surface area contributed by atoms with Crippen LogP contribution in [0, 0.1) is 5.41 Å². The molecule has 0 saturated carbocycles. The molecule has 1 aliphatic heterocycles. The van der Waals surface area contributed by atoms with E-state index in [1.54, 1.807) is 0 Å². The average molecular weight is 127 g/mol. The fourth-order valence-electron chi connectivity index (χ4n) is 1.25. The Morgan fingerprint density at radius 2 is 2.11 bits per heavy atom. The van der Waals surface area contributed by atoms with E-state index in [9.17, 15) is 0 Å². The van der Waals surface area contributed by atoms with Gasteiger partial charge in [-0.15, -0.1) is 0 Å². The third kappa shape index (κ3) is 1.98. The summed E-state index contributed by atoms with van der Waals surface area (Å²) in [5.74, 6) is 0. The van der Waals surface area contributed by atoms with Crippen LogP contribution in [0.4, 0.5) is 0 Å². The van der Waals surface area contributed by atoms with Gasteiger partial charge in [-0.3, -0.25) is 0 Å². The molecule has 1 heteroatoms. The quantitative estimate of drug-likeness (QED) is 0.523. The smallest absolute Gasteiger partial charge is 0.00391 e. The molecule has 1 fully saturated rings. The predicted octanol–water partition coefficient (Wildman–Crippen LogP) is 1.78. The van der Waals surface area contributed by atoms with E-state index in [0.717, 1.165) is 6.04 Å². The molecule has 1 saturated heterocycles. The Morgan fingerprint density at radius 1 is 1.44 bits per heavy atom. The van der Waals surface area contributed by atoms with E-state index in [2.05, 4.69) is 26.1 Å². The van der Waals surface area contributed by atoms with E-state index in [0.29, 0.717) is 5.41 Å². The van der Waals surface area contributed by atoms with Crippen molar-refractivity contribution < 1.29 is 0 Å². The maximum Gasteiger partial charge on any atom is 0.00391 e. The van der Waals surface area contributed by atoms with E-state index >= 15 is 0 Å². The number of piperidine rings is 1. The zero-order valence-corrected chi connectivity index (χ0v) is 6.70. The monoisotopic (exact) mass is 127 g/mol. The Bertz CT molecular complexity index is 86.7. The summed E-state index contributed by atoms with van der Waals surface area (Å²) in [4.78, 5) is 0. The summed E-state index contributed by atoms with van der Waals surface area (Å²) in [6, 6.07) is 0.748. The third-order valence-corrected chi connectivity index (χ3v) is 2.18. The van der Waals surface area contributed by atoms with Gasteiger partial charge in [0.05, 0.1) is 0 Å². The van der Waals surface area contributed by atoms with Gasteiger partial charge < -0.3 is 5.32 Å². The molecule has 9 heavy (non-hydrogen) atoms. The van der Waals surface area contributed by atoms with Crippen LogP contribution in [0.5, 0.6) is 0 Å². The fourth-order valence-corrected chi connectivity index (χ4v) is 1.25. The molecule has 0 radical (unpaired) electrons. The van der Waals surface area contributed by atoms with Crippen LogP contribution in [0.25, 0.3) is 0 Å². The molecule has 0 aromatic carbocycles. The number of rotatable bonds is 0. The van der Waals surface area contributed by atoms with Gasteiger partial charge in [-0.2, -0.15) is 0 Å². The van der Waals surface area contributed by atoms with Crippen molar-refractivity contribution in [2.75, 3.05) is 6.54 Å². The van der Waals surface area contributed by atoms with Gasteiger partial charge in [0.15, 0.2) is 0 Å². The zero-order chi connectivity index (χ0) is 6.91. The molecule has 0 aliphatic carbocycles. The summed E-state index contributed by atoms with van der Waals surface area (Å²) in [6.45, 7) is 8.10. The molecular formula is C8H17N. The third-order valence-electron chi connectivity index (χ3n) is 2.18. The summed E-state index contributed by atoms with van der Waals surface area (Å²) in [5, 5.41) is 3.47. The van der Waals surface area contributed by atoms with Crippen molar-refractivity contribution in [1.29, 1.82) is 0 Å². The second-order valence-corrected chi connectivity index (χ2v) is 3.98. The highest BCUT2D eigenvalue weighted by Gasteiger charge is 2.23. The van der Waals surface area contributed by atoms with Crippen LogP contribution < -0.4 is 5.32 Å². The van der Waals surface area contributed by atoms with Crippen LogP contribution in [0.15, 0.2) is 0 Å². The van der Waals surface area contributed by atoms with E-state index in [1.807, 2.05) is 0 Å². The molecule has 0 amide bonds. The Kier molecular flexibility index (Phi) is 1.80. The standard InChI is InChI=1S/C8H17N/c1-7-4-5-8(2,3)6-9-7/h7,9H,4-6H2,1-3H3/t7-/m0/s1. The minimum absolute atomic E-state index is 0.548. The number of nitrogens with one attached hydrogen (secondary N) is 1. The lowest BCUT2D eigenvalue weighted by atomic mass is 9.83. The highest BCUT2D eigenvalue weighted by atomic mass is 14.9. The van der Waals surface area contributed by atoms with Crippen LogP contribution >= 0.6 is 0 Å². The van der Waals surface area contributed by atoms with Crippen molar-refractivity contribution in [3.05, 3.63) is 0 Å². The molecule has 0 bridgehead atoms. The second kappa shape index (κ2) is 2.30. The lowest BCUT2D eigenvalue weighted by Gasteiger charge is -2.33. The maximum absolute atomic E-state index is 3.47. The van der Waals surface area contributed by atoms with Gasteiger partial charge in [0.2, 0.25) is 0 Å². The van der Waals surface area contributed by atoms with Crippen molar-refractivity contribution in [2.24, 2.45) is 5.41 Å². The molecule has 1 N–H and O–H groups in total. The first-order chi connectivity index (χ1) is 4.10. The Balaban J connectivity index is 2.35. The first kappa shape index (κ1) is 7.07. The molecule has 54 valence electrons. The molecule has 1 aliphatic rings. The van der Waals surface area contributed by atoms with Crippen molar-refractivity contribution in [3.63, 3.8) is 0 Å². The Labute approximate surface area is 57.8 Å². The SMILES string of the molecule is C[C@H]1CCC(C)(C)CN1. The predicted molar refractivity (Wildman–Crippen MR) is 40.5 cm³/mol. The molecule has 1 rings (SSSR count). The van der Waals surface area contributed by atoms with Gasteiger partial charge >= 0.3 is 0 Å². The summed E-state index contributed by atoms with van der Waals surface area (Å²) in [7, 11) is 0. The van der Waals surface area contributed by atoms with Crippen molar-refractivity contribution >= 4 is 0 Å². The molecule has 0 aromatic rings. The molecule has 1 nitrogen and oxygen atoms in total. The van der Waals surface area contributed by atoms with Crippen molar-refractivity contribution in [2.45, 2.75) is 39.7 Å². The van der Waals surface area contributed by atoms with E-state index in [4.69, 9.17) is 0 Å². The van der Waals surface area contributed by atoms with Crippen LogP contribution in [0.3, 0.4) is 0 Å². The van der Waals surface area contributed by atoms with Gasteiger partial charge in [0.1, 0.15) is 0 Å². The highest BCUT2D eigenvalue weighted by Crippen LogP contribution is 2.25. The van der Waals surface area contributed by atoms with E-state index in [1.165, 1.54) is 19.4 Å². The second-order valence-electron chi connectivity index (χ2n) is 3.98. The topological polar surface area (TPSA) is 12.0 Å². The lowest BCUT2D eigenvalue weighted by molar-refractivity contribution is 0.230. The fraction of sp³-hybridized carbons (Fsp3) is 1.00. The molecule has 0 unspecified atom stereocenters. The molecule has 0 aromatic heterocycles. The van der Waals surface area contributed by atoms with Crippen molar-refractivity contribution in [1.82, 2.24) is 5.32 Å². The Morgan fingerprint density at radius 3 is 2.44 bits per heavy atom. The largest absolute Gasteiger partial charge is 0.314 e. The highest BCUT2D eigenvalue weighted by molar-refractivity contribution is 4.80. The number of hydrogen-bond donors (Lipinski definition) is 1. The number of hydrogen-bond acceptors (Lipinski definition) is 1.